The number of carbonyl (C=O) groups is 1. The van der Waals surface area contributed by atoms with Gasteiger partial charge in [0, 0.05) is 6.42 Å². The summed E-state index contributed by atoms with van der Waals surface area (Å²) in [5.74, 6) is -0.203. The van der Waals surface area contributed by atoms with Crippen LogP contribution in [0.4, 0.5) is 5.69 Å². The van der Waals surface area contributed by atoms with E-state index in [1.807, 2.05) is 6.07 Å². The second-order valence-electron chi connectivity index (χ2n) is 5.78. The molecule has 0 unspecified atom stereocenters. The van der Waals surface area contributed by atoms with Crippen LogP contribution in [0.5, 0.6) is 0 Å². The smallest absolute Gasteiger partial charge is 0.228 e. The monoisotopic (exact) mass is 457 g/mol. The number of benzene rings is 1. The number of unbranched alkanes of at least 4 members (excludes halogenated alkanes) is 4. The second-order valence-corrected chi connectivity index (χ2v) is 8.97. The van der Waals surface area contributed by atoms with Crippen LogP contribution in [0.25, 0.3) is 0 Å². The Morgan fingerprint density at radius 2 is 1.77 bits per heavy atom. The standard InChI is InChI=1S/C17H23Cl4N3OS/c1-2-3-4-5-6-11-14(25)23-15(17(19,20)21)24-16(26)22-13-10-8-7-9-12(13)18/h7-10,15H,2-6,11H2,1H3,(H,23,25)(H2,22,24,26)/t15-/m0/s1. The van der Waals surface area contributed by atoms with Gasteiger partial charge in [-0.25, -0.2) is 0 Å². The van der Waals surface area contributed by atoms with Crippen LogP contribution in [-0.4, -0.2) is 21.0 Å². The Morgan fingerprint density at radius 1 is 1.12 bits per heavy atom. The number of hydrogen-bond donors (Lipinski definition) is 3. The van der Waals surface area contributed by atoms with Gasteiger partial charge in [0.25, 0.3) is 0 Å². The number of amides is 1. The van der Waals surface area contributed by atoms with Gasteiger partial charge >= 0.3 is 0 Å². The van der Waals surface area contributed by atoms with Gasteiger partial charge in [-0.05, 0) is 30.8 Å². The van der Waals surface area contributed by atoms with Crippen LogP contribution in [0.3, 0.4) is 0 Å². The Hall–Kier alpha value is -0.460. The first-order chi connectivity index (χ1) is 12.2. The number of rotatable bonds is 9. The Bertz CT molecular complexity index is 596. The molecule has 9 heteroatoms. The van der Waals surface area contributed by atoms with Crippen LogP contribution in [0, 0.1) is 0 Å². The van der Waals surface area contributed by atoms with Crippen LogP contribution in [0.2, 0.25) is 5.02 Å². The first-order valence-electron chi connectivity index (χ1n) is 8.42. The van der Waals surface area contributed by atoms with Crippen molar-refractivity contribution in [2.45, 2.75) is 55.4 Å². The molecular formula is C17H23Cl4N3OS. The van der Waals surface area contributed by atoms with E-state index in [0.717, 1.165) is 25.7 Å². The molecule has 0 fully saturated rings. The zero-order chi connectivity index (χ0) is 19.6. The summed E-state index contributed by atoms with van der Waals surface area (Å²) in [6.45, 7) is 2.14. The zero-order valence-electron chi connectivity index (χ0n) is 14.5. The molecule has 146 valence electrons. The maximum absolute atomic E-state index is 12.1. The summed E-state index contributed by atoms with van der Waals surface area (Å²) in [7, 11) is 0. The van der Waals surface area contributed by atoms with Crippen LogP contribution < -0.4 is 16.0 Å². The molecule has 0 saturated carbocycles. The molecule has 1 atom stereocenters. The van der Waals surface area contributed by atoms with Gasteiger partial charge in [-0.2, -0.15) is 0 Å². The molecule has 0 heterocycles. The lowest BCUT2D eigenvalue weighted by Gasteiger charge is -2.28. The number of para-hydroxylation sites is 1. The van der Waals surface area contributed by atoms with Crippen molar-refractivity contribution < 1.29 is 4.79 Å². The summed E-state index contributed by atoms with van der Waals surface area (Å²) in [5.41, 5.74) is 0.608. The number of halogens is 4. The van der Waals surface area contributed by atoms with Gasteiger partial charge < -0.3 is 16.0 Å². The summed E-state index contributed by atoms with van der Waals surface area (Å²) in [6.07, 6.45) is 4.62. The molecule has 1 aromatic rings. The molecule has 0 aliphatic rings. The van der Waals surface area contributed by atoms with Crippen molar-refractivity contribution in [3.05, 3.63) is 29.3 Å². The molecule has 1 rings (SSSR count). The van der Waals surface area contributed by atoms with Crippen molar-refractivity contribution in [1.82, 2.24) is 10.6 Å². The van der Waals surface area contributed by atoms with Crippen molar-refractivity contribution in [2.75, 3.05) is 5.32 Å². The van der Waals surface area contributed by atoms with E-state index in [4.69, 9.17) is 58.6 Å². The number of nitrogens with one attached hydrogen (secondary N) is 3. The van der Waals surface area contributed by atoms with Gasteiger partial charge in [0.1, 0.15) is 6.17 Å². The minimum atomic E-state index is -1.77. The second kappa shape index (κ2) is 12.1. The molecule has 0 radical (unpaired) electrons. The molecule has 0 aliphatic carbocycles. The average Bonchev–Trinajstić information content (AvgIpc) is 2.55. The first-order valence-corrected chi connectivity index (χ1v) is 10.3. The van der Waals surface area contributed by atoms with Crippen molar-refractivity contribution in [2.24, 2.45) is 0 Å². The Morgan fingerprint density at radius 3 is 2.38 bits per heavy atom. The van der Waals surface area contributed by atoms with E-state index in [-0.39, 0.29) is 11.0 Å². The predicted octanol–water partition coefficient (Wildman–Crippen LogP) is 5.80. The average molecular weight is 459 g/mol. The van der Waals surface area contributed by atoms with Gasteiger partial charge in [0.15, 0.2) is 5.11 Å². The summed E-state index contributed by atoms with van der Waals surface area (Å²) in [6, 6.07) is 7.09. The SMILES string of the molecule is CCCCCCCC(=O)N[C@@H](NC(=S)Nc1ccccc1Cl)C(Cl)(Cl)Cl. The Labute approximate surface area is 180 Å². The largest absolute Gasteiger partial charge is 0.339 e. The molecular weight excluding hydrogens is 436 g/mol. The summed E-state index contributed by atoms with van der Waals surface area (Å²) in [5, 5.41) is 9.07. The van der Waals surface area contributed by atoms with Gasteiger partial charge in [0.05, 0.1) is 10.7 Å². The lowest BCUT2D eigenvalue weighted by atomic mass is 10.1. The molecule has 0 aromatic heterocycles. The number of carbonyl (C=O) groups excluding carboxylic acids is 1. The van der Waals surface area contributed by atoms with Crippen molar-refractivity contribution in [1.29, 1.82) is 0 Å². The van der Waals surface area contributed by atoms with E-state index in [0.29, 0.717) is 17.1 Å². The minimum absolute atomic E-state index is 0.178. The zero-order valence-corrected chi connectivity index (χ0v) is 18.3. The highest BCUT2D eigenvalue weighted by atomic mass is 35.6. The Balaban J connectivity index is 2.54. The number of alkyl halides is 3. The molecule has 3 N–H and O–H groups in total. The quantitative estimate of drug-likeness (QED) is 0.189. The van der Waals surface area contributed by atoms with Crippen LogP contribution in [0.1, 0.15) is 45.4 Å². The van der Waals surface area contributed by atoms with Gasteiger partial charge in [-0.3, -0.25) is 4.79 Å². The highest BCUT2D eigenvalue weighted by Gasteiger charge is 2.34. The van der Waals surface area contributed by atoms with Gasteiger partial charge in [-0.15, -0.1) is 0 Å². The maximum atomic E-state index is 12.1. The molecule has 0 aliphatic heterocycles. The van der Waals surface area contributed by atoms with E-state index in [1.165, 1.54) is 6.42 Å². The van der Waals surface area contributed by atoms with Crippen molar-refractivity contribution >= 4 is 75.3 Å². The molecule has 4 nitrogen and oxygen atoms in total. The van der Waals surface area contributed by atoms with E-state index < -0.39 is 9.96 Å². The lowest BCUT2D eigenvalue weighted by molar-refractivity contribution is -0.122. The van der Waals surface area contributed by atoms with Crippen molar-refractivity contribution in [3.63, 3.8) is 0 Å². The fourth-order valence-electron chi connectivity index (χ4n) is 2.17. The number of hydrogen-bond acceptors (Lipinski definition) is 2. The molecule has 26 heavy (non-hydrogen) atoms. The normalized spacial score (nSPS) is 12.3. The Kier molecular flexibility index (Phi) is 11.0. The lowest BCUT2D eigenvalue weighted by Crippen LogP contribution is -2.56. The molecule has 0 bridgehead atoms. The molecule has 0 saturated heterocycles. The van der Waals surface area contributed by atoms with Crippen molar-refractivity contribution in [3.8, 4) is 0 Å². The van der Waals surface area contributed by atoms with Crippen LogP contribution in [-0.2, 0) is 4.79 Å². The summed E-state index contributed by atoms with van der Waals surface area (Å²) >= 11 is 29.2. The molecule has 0 spiro atoms. The third-order valence-electron chi connectivity index (χ3n) is 3.54. The number of thiocarbonyl (C=S) groups is 1. The van der Waals surface area contributed by atoms with E-state index in [1.54, 1.807) is 18.2 Å². The predicted molar refractivity (Wildman–Crippen MR) is 116 cm³/mol. The summed E-state index contributed by atoms with van der Waals surface area (Å²) in [4.78, 5) is 12.1. The third-order valence-corrected chi connectivity index (χ3v) is 4.74. The van der Waals surface area contributed by atoms with Crippen LogP contribution >= 0.6 is 58.6 Å². The molecule has 1 aromatic carbocycles. The topological polar surface area (TPSA) is 53.2 Å². The minimum Gasteiger partial charge on any atom is -0.339 e. The van der Waals surface area contributed by atoms with E-state index in [9.17, 15) is 4.79 Å². The highest BCUT2D eigenvalue weighted by Crippen LogP contribution is 2.29. The van der Waals surface area contributed by atoms with E-state index in [2.05, 4.69) is 22.9 Å². The third kappa shape index (κ3) is 9.47. The van der Waals surface area contributed by atoms with Gasteiger partial charge in [0.2, 0.25) is 9.70 Å². The maximum Gasteiger partial charge on any atom is 0.228 e. The fraction of sp³-hybridized carbons (Fsp3) is 0.529. The number of anilines is 1. The first kappa shape index (κ1) is 23.6. The fourth-order valence-corrected chi connectivity index (χ4v) is 2.91. The summed E-state index contributed by atoms with van der Waals surface area (Å²) < 4.78 is -1.77. The van der Waals surface area contributed by atoms with Crippen LogP contribution in [0.15, 0.2) is 24.3 Å². The molecule has 1 amide bonds. The highest BCUT2D eigenvalue weighted by molar-refractivity contribution is 7.80. The van der Waals surface area contributed by atoms with E-state index >= 15 is 0 Å². The van der Waals surface area contributed by atoms with Gasteiger partial charge in [-0.1, -0.05) is 91.1 Å².